The number of fused-ring (bicyclic) bond motifs is 1. The van der Waals surface area contributed by atoms with Crippen molar-refractivity contribution in [1.29, 1.82) is 0 Å². The van der Waals surface area contributed by atoms with Crippen molar-refractivity contribution in [3.63, 3.8) is 0 Å². The maximum atomic E-state index is 12.2. The van der Waals surface area contributed by atoms with Gasteiger partial charge in [0.15, 0.2) is 5.78 Å². The van der Waals surface area contributed by atoms with Gasteiger partial charge in [-0.2, -0.15) is 0 Å². The third-order valence-electron chi connectivity index (χ3n) is 5.05. The first kappa shape index (κ1) is 13.5. The smallest absolute Gasteiger partial charge is 0.187 e. The van der Waals surface area contributed by atoms with Crippen LogP contribution in [0, 0.1) is 17.3 Å². The Morgan fingerprint density at radius 3 is 2.50 bits per heavy atom. The molecular weight excluding hydrogens is 228 g/mol. The molecule has 2 aliphatic carbocycles. The average Bonchev–Trinajstić information content (AvgIpc) is 2.29. The van der Waals surface area contributed by atoms with Crippen LogP contribution in [-0.4, -0.2) is 22.8 Å². The third-order valence-corrected chi connectivity index (χ3v) is 5.05. The highest BCUT2D eigenvalue weighted by Crippen LogP contribution is 2.52. The van der Waals surface area contributed by atoms with E-state index in [9.17, 15) is 14.7 Å². The number of ketones is 2. The second-order valence-corrected chi connectivity index (χ2v) is 6.35. The Hall–Kier alpha value is -0.960. The number of aliphatic hydroxyl groups excluding tert-OH is 1. The van der Waals surface area contributed by atoms with Crippen molar-refractivity contribution < 1.29 is 14.7 Å². The number of aliphatic hydroxyl groups is 1. The van der Waals surface area contributed by atoms with E-state index < -0.39 is 12.0 Å². The van der Waals surface area contributed by atoms with Gasteiger partial charge in [0.1, 0.15) is 11.9 Å². The molecule has 3 heteroatoms. The first-order valence-electron chi connectivity index (χ1n) is 6.70. The van der Waals surface area contributed by atoms with Gasteiger partial charge in [-0.25, -0.2) is 0 Å². The van der Waals surface area contributed by atoms with Gasteiger partial charge >= 0.3 is 0 Å². The predicted octanol–water partition coefficient (Wildman–Crippen LogP) is 2.28. The molecule has 0 aliphatic heterocycles. The van der Waals surface area contributed by atoms with Gasteiger partial charge in [0.25, 0.3) is 0 Å². The topological polar surface area (TPSA) is 54.4 Å². The molecule has 2 aliphatic rings. The Morgan fingerprint density at radius 1 is 1.33 bits per heavy atom. The Labute approximate surface area is 108 Å². The quantitative estimate of drug-likeness (QED) is 0.671. The molecule has 0 aromatic carbocycles. The van der Waals surface area contributed by atoms with E-state index in [4.69, 9.17) is 0 Å². The van der Waals surface area contributed by atoms with Gasteiger partial charge in [-0.15, -0.1) is 0 Å². The zero-order valence-corrected chi connectivity index (χ0v) is 11.6. The van der Waals surface area contributed by atoms with E-state index in [0.29, 0.717) is 18.8 Å². The van der Waals surface area contributed by atoms with Gasteiger partial charge in [0.2, 0.25) is 0 Å². The minimum absolute atomic E-state index is 0.0595. The summed E-state index contributed by atoms with van der Waals surface area (Å²) in [5.74, 6) is -0.321. The van der Waals surface area contributed by atoms with Crippen molar-refractivity contribution in [2.45, 2.75) is 53.1 Å². The Kier molecular flexibility index (Phi) is 3.22. The van der Waals surface area contributed by atoms with E-state index >= 15 is 0 Å². The molecule has 18 heavy (non-hydrogen) atoms. The predicted molar refractivity (Wildman–Crippen MR) is 69.0 cm³/mol. The summed E-state index contributed by atoms with van der Waals surface area (Å²) >= 11 is 0. The van der Waals surface area contributed by atoms with Gasteiger partial charge in [0, 0.05) is 6.42 Å². The van der Waals surface area contributed by atoms with Crippen LogP contribution in [0.3, 0.4) is 0 Å². The molecule has 2 fully saturated rings. The van der Waals surface area contributed by atoms with Crippen LogP contribution < -0.4 is 0 Å². The van der Waals surface area contributed by atoms with Crippen LogP contribution in [0.1, 0.15) is 47.0 Å². The molecule has 3 nitrogen and oxygen atoms in total. The maximum Gasteiger partial charge on any atom is 0.187 e. The summed E-state index contributed by atoms with van der Waals surface area (Å²) in [6.45, 7) is 7.99. The summed E-state index contributed by atoms with van der Waals surface area (Å²) in [6, 6.07) is 0. The Balaban J connectivity index is 2.50. The van der Waals surface area contributed by atoms with Crippen molar-refractivity contribution in [2.24, 2.45) is 17.3 Å². The Morgan fingerprint density at radius 2 is 1.94 bits per heavy atom. The molecule has 4 atom stereocenters. The van der Waals surface area contributed by atoms with Crippen molar-refractivity contribution in [3.8, 4) is 0 Å². The van der Waals surface area contributed by atoms with Crippen LogP contribution in [0.2, 0.25) is 0 Å². The largest absolute Gasteiger partial charge is 0.384 e. The van der Waals surface area contributed by atoms with Crippen molar-refractivity contribution in [3.05, 3.63) is 11.1 Å². The van der Waals surface area contributed by atoms with Crippen LogP contribution in [0.25, 0.3) is 0 Å². The van der Waals surface area contributed by atoms with E-state index in [1.807, 2.05) is 13.8 Å². The summed E-state index contributed by atoms with van der Waals surface area (Å²) in [5.41, 5.74) is 1.42. The number of allylic oxidation sites excluding steroid dienone is 1. The zero-order chi connectivity index (χ0) is 13.7. The number of hydrogen-bond donors (Lipinski definition) is 1. The fraction of sp³-hybridized carbons (Fsp3) is 0.733. The molecule has 2 saturated carbocycles. The second-order valence-electron chi connectivity index (χ2n) is 6.35. The fourth-order valence-electron chi connectivity index (χ4n) is 3.56. The van der Waals surface area contributed by atoms with E-state index in [-0.39, 0.29) is 17.0 Å². The molecule has 2 rings (SSSR count). The lowest BCUT2D eigenvalue weighted by Gasteiger charge is -2.50. The second kappa shape index (κ2) is 4.30. The van der Waals surface area contributed by atoms with Crippen molar-refractivity contribution >= 4 is 11.6 Å². The first-order chi connectivity index (χ1) is 8.29. The van der Waals surface area contributed by atoms with Gasteiger partial charge in [0.05, 0.1) is 5.92 Å². The van der Waals surface area contributed by atoms with Crippen LogP contribution in [0.15, 0.2) is 11.1 Å². The molecule has 0 unspecified atom stereocenters. The molecule has 0 radical (unpaired) electrons. The Bertz CT molecular complexity index is 431. The minimum atomic E-state index is -1.14. The standard InChI is InChI=1S/C15H22O3/c1-8(2)10-7-15(4)9(3)5-6-11(16)12(15)14(18)13(10)17/h9,12,14,18H,5-7H2,1-4H3/t9-,12-,14-,15+/m0/s1. The molecule has 0 bridgehead atoms. The van der Waals surface area contributed by atoms with Gasteiger partial charge in [-0.3, -0.25) is 9.59 Å². The highest BCUT2D eigenvalue weighted by atomic mass is 16.3. The first-order valence-corrected chi connectivity index (χ1v) is 6.70. The molecule has 0 saturated heterocycles. The van der Waals surface area contributed by atoms with E-state index in [1.165, 1.54) is 0 Å². The number of carbonyl (C=O) groups is 2. The van der Waals surface area contributed by atoms with E-state index in [2.05, 4.69) is 13.8 Å². The molecule has 0 aromatic rings. The summed E-state index contributed by atoms with van der Waals surface area (Å²) in [7, 11) is 0. The minimum Gasteiger partial charge on any atom is -0.384 e. The highest BCUT2D eigenvalue weighted by Gasteiger charge is 2.55. The zero-order valence-electron chi connectivity index (χ0n) is 11.6. The molecule has 0 heterocycles. The van der Waals surface area contributed by atoms with Gasteiger partial charge in [-0.05, 0) is 43.6 Å². The van der Waals surface area contributed by atoms with Crippen LogP contribution in [0.5, 0.6) is 0 Å². The van der Waals surface area contributed by atoms with E-state index in [0.717, 1.165) is 17.6 Å². The third kappa shape index (κ3) is 1.76. The van der Waals surface area contributed by atoms with Crippen molar-refractivity contribution in [1.82, 2.24) is 0 Å². The monoisotopic (exact) mass is 250 g/mol. The highest BCUT2D eigenvalue weighted by molar-refractivity contribution is 6.04. The van der Waals surface area contributed by atoms with E-state index in [1.54, 1.807) is 0 Å². The number of hydrogen-bond acceptors (Lipinski definition) is 3. The SMILES string of the molecule is CC(C)=C1C[C@]2(C)[C@@H](C)CCC(=O)[C@H]2[C@H](O)C1=O. The van der Waals surface area contributed by atoms with Crippen LogP contribution in [-0.2, 0) is 9.59 Å². The van der Waals surface area contributed by atoms with Crippen LogP contribution in [0.4, 0.5) is 0 Å². The summed E-state index contributed by atoms with van der Waals surface area (Å²) in [6.07, 6.45) is 0.852. The molecular formula is C15H22O3. The maximum absolute atomic E-state index is 12.2. The molecule has 0 amide bonds. The molecule has 0 aromatic heterocycles. The summed E-state index contributed by atoms with van der Waals surface area (Å²) in [4.78, 5) is 24.2. The number of rotatable bonds is 0. The molecule has 1 N–H and O–H groups in total. The molecule has 100 valence electrons. The molecule has 0 spiro atoms. The summed E-state index contributed by atoms with van der Waals surface area (Å²) in [5, 5.41) is 10.2. The number of carbonyl (C=O) groups excluding carboxylic acids is 2. The average molecular weight is 250 g/mol. The fourth-order valence-corrected chi connectivity index (χ4v) is 3.56. The number of Topliss-reactive ketones (excluding diaryl/α,β-unsaturated/α-hetero) is 2. The normalized spacial score (nSPS) is 40.7. The van der Waals surface area contributed by atoms with Crippen LogP contribution >= 0.6 is 0 Å². The summed E-state index contributed by atoms with van der Waals surface area (Å²) < 4.78 is 0. The van der Waals surface area contributed by atoms with Crippen molar-refractivity contribution in [2.75, 3.05) is 0 Å². The lowest BCUT2D eigenvalue weighted by Crippen LogP contribution is -2.55. The van der Waals surface area contributed by atoms with Gasteiger partial charge in [-0.1, -0.05) is 19.4 Å². The lowest BCUT2D eigenvalue weighted by atomic mass is 9.53. The van der Waals surface area contributed by atoms with Gasteiger partial charge < -0.3 is 5.11 Å². The lowest BCUT2D eigenvalue weighted by molar-refractivity contribution is -0.152.